The zero-order valence-corrected chi connectivity index (χ0v) is 15.5. The number of nitrogens with one attached hydrogen (secondary N) is 1. The molecular weight excluding hydrogens is 381 g/mol. The number of rotatable bonds is 3. The molecule has 3 heterocycles. The molecular formula is C21H19F3N4O. The number of benzene rings is 1. The molecule has 1 aromatic carbocycles. The number of H-pyrrole nitrogens is 1. The number of nitrogens with zero attached hydrogens (tertiary/aromatic N) is 3. The lowest BCUT2D eigenvalue weighted by molar-refractivity contribution is -0.138. The van der Waals surface area contributed by atoms with Crippen molar-refractivity contribution in [3.05, 3.63) is 81.4 Å². The average Bonchev–Trinajstić information content (AvgIpc) is 2.91. The predicted octanol–water partition coefficient (Wildman–Crippen LogP) is 3.45. The lowest BCUT2D eigenvalue weighted by atomic mass is 10.1. The van der Waals surface area contributed by atoms with Gasteiger partial charge in [-0.25, -0.2) is 4.98 Å². The Morgan fingerprint density at radius 1 is 1.03 bits per heavy atom. The van der Waals surface area contributed by atoms with E-state index in [2.05, 4.69) is 15.0 Å². The Hall–Kier alpha value is -3.00. The lowest BCUT2D eigenvalue weighted by Crippen LogP contribution is -2.27. The Kier molecular flexibility index (Phi) is 5.19. The summed E-state index contributed by atoms with van der Waals surface area (Å²) in [6.07, 6.45) is -1.83. The van der Waals surface area contributed by atoms with Gasteiger partial charge < -0.3 is 4.98 Å². The van der Waals surface area contributed by atoms with Crippen LogP contribution in [0.2, 0.25) is 0 Å². The highest BCUT2D eigenvalue weighted by molar-refractivity contribution is 5.49. The molecule has 0 spiro atoms. The number of aromatic amines is 1. The smallest absolute Gasteiger partial charge is 0.305 e. The molecule has 0 bridgehead atoms. The highest BCUT2D eigenvalue weighted by Crippen LogP contribution is 2.32. The van der Waals surface area contributed by atoms with Crippen molar-refractivity contribution >= 4 is 0 Å². The SMILES string of the molecule is O=c1[nH]c(-c2ccccn2)nc2c1CCN(Cc1ccccc1C(F)(F)F)CC2. The minimum Gasteiger partial charge on any atom is -0.305 e. The van der Waals surface area contributed by atoms with Crippen molar-refractivity contribution in [2.24, 2.45) is 0 Å². The predicted molar refractivity (Wildman–Crippen MR) is 102 cm³/mol. The Balaban J connectivity index is 1.57. The molecule has 150 valence electrons. The molecule has 2 aromatic heterocycles. The van der Waals surface area contributed by atoms with Crippen LogP contribution in [0.3, 0.4) is 0 Å². The van der Waals surface area contributed by atoms with Crippen molar-refractivity contribution in [3.63, 3.8) is 0 Å². The number of aromatic nitrogens is 3. The van der Waals surface area contributed by atoms with Crippen LogP contribution < -0.4 is 5.56 Å². The lowest BCUT2D eigenvalue weighted by Gasteiger charge is -2.22. The van der Waals surface area contributed by atoms with Crippen molar-refractivity contribution < 1.29 is 13.2 Å². The fraction of sp³-hybridized carbons (Fsp3) is 0.286. The van der Waals surface area contributed by atoms with Crippen LogP contribution in [0, 0.1) is 0 Å². The molecule has 1 N–H and O–H groups in total. The maximum absolute atomic E-state index is 13.3. The van der Waals surface area contributed by atoms with E-state index in [1.54, 1.807) is 24.4 Å². The minimum absolute atomic E-state index is 0.175. The van der Waals surface area contributed by atoms with Gasteiger partial charge in [0.25, 0.3) is 5.56 Å². The molecule has 29 heavy (non-hydrogen) atoms. The van der Waals surface area contributed by atoms with Gasteiger partial charge in [0.05, 0.1) is 11.3 Å². The van der Waals surface area contributed by atoms with E-state index in [1.165, 1.54) is 12.1 Å². The van der Waals surface area contributed by atoms with Crippen molar-refractivity contribution in [1.82, 2.24) is 19.9 Å². The van der Waals surface area contributed by atoms with E-state index < -0.39 is 11.7 Å². The van der Waals surface area contributed by atoms with E-state index in [-0.39, 0.29) is 17.7 Å². The third-order valence-corrected chi connectivity index (χ3v) is 5.07. The average molecular weight is 400 g/mol. The summed E-state index contributed by atoms with van der Waals surface area (Å²) in [5.74, 6) is 0.408. The molecule has 1 aliphatic rings. The molecule has 0 unspecified atom stereocenters. The van der Waals surface area contributed by atoms with Crippen molar-refractivity contribution in [1.29, 1.82) is 0 Å². The van der Waals surface area contributed by atoms with Gasteiger partial charge in [0, 0.05) is 37.8 Å². The first kappa shape index (κ1) is 19.3. The Labute approximate surface area is 165 Å². The number of hydrogen-bond acceptors (Lipinski definition) is 4. The summed E-state index contributed by atoms with van der Waals surface area (Å²) in [6, 6.07) is 11.0. The van der Waals surface area contributed by atoms with E-state index in [0.717, 1.165) is 6.07 Å². The molecule has 0 amide bonds. The molecule has 0 saturated carbocycles. The van der Waals surface area contributed by atoms with Gasteiger partial charge in [-0.2, -0.15) is 13.2 Å². The highest BCUT2D eigenvalue weighted by atomic mass is 19.4. The zero-order chi connectivity index (χ0) is 20.4. The first-order chi connectivity index (χ1) is 13.9. The maximum atomic E-state index is 13.3. The van der Waals surface area contributed by atoms with Crippen LogP contribution in [-0.2, 0) is 25.6 Å². The highest BCUT2D eigenvalue weighted by Gasteiger charge is 2.33. The normalized spacial score (nSPS) is 15.0. The summed E-state index contributed by atoms with van der Waals surface area (Å²) in [7, 11) is 0. The van der Waals surface area contributed by atoms with Crippen molar-refractivity contribution in [2.45, 2.75) is 25.6 Å². The fourth-order valence-corrected chi connectivity index (χ4v) is 3.61. The van der Waals surface area contributed by atoms with Crippen LogP contribution in [0.1, 0.15) is 22.4 Å². The number of pyridine rings is 1. The Morgan fingerprint density at radius 2 is 1.79 bits per heavy atom. The van der Waals surface area contributed by atoms with Gasteiger partial charge in [-0.1, -0.05) is 24.3 Å². The van der Waals surface area contributed by atoms with E-state index in [9.17, 15) is 18.0 Å². The number of halogens is 3. The van der Waals surface area contributed by atoms with Gasteiger partial charge in [-0.05, 0) is 30.2 Å². The van der Waals surface area contributed by atoms with E-state index >= 15 is 0 Å². The van der Waals surface area contributed by atoms with E-state index in [0.29, 0.717) is 48.7 Å². The number of fused-ring (bicyclic) bond motifs is 1. The Morgan fingerprint density at radius 3 is 2.55 bits per heavy atom. The van der Waals surface area contributed by atoms with Crippen LogP contribution in [0.4, 0.5) is 13.2 Å². The summed E-state index contributed by atoms with van der Waals surface area (Å²) in [5, 5.41) is 0. The zero-order valence-electron chi connectivity index (χ0n) is 15.5. The fourth-order valence-electron chi connectivity index (χ4n) is 3.61. The summed E-state index contributed by atoms with van der Waals surface area (Å²) in [4.78, 5) is 26.1. The quantitative estimate of drug-likeness (QED) is 0.732. The molecule has 5 nitrogen and oxygen atoms in total. The summed E-state index contributed by atoms with van der Waals surface area (Å²) >= 11 is 0. The molecule has 3 aromatic rings. The second kappa shape index (κ2) is 7.79. The third-order valence-electron chi connectivity index (χ3n) is 5.07. The molecule has 4 rings (SSSR count). The minimum atomic E-state index is -4.39. The largest absolute Gasteiger partial charge is 0.416 e. The molecule has 0 fully saturated rings. The first-order valence-corrected chi connectivity index (χ1v) is 9.33. The Bertz CT molecular complexity index is 1060. The van der Waals surface area contributed by atoms with Crippen LogP contribution in [-0.4, -0.2) is 32.9 Å². The van der Waals surface area contributed by atoms with Gasteiger partial charge in [0.2, 0.25) is 0 Å². The summed E-state index contributed by atoms with van der Waals surface area (Å²) < 4.78 is 39.8. The van der Waals surface area contributed by atoms with Crippen LogP contribution in [0.5, 0.6) is 0 Å². The van der Waals surface area contributed by atoms with Gasteiger partial charge in [-0.15, -0.1) is 0 Å². The molecule has 8 heteroatoms. The molecule has 0 saturated heterocycles. The second-order valence-corrected chi connectivity index (χ2v) is 6.99. The number of hydrogen-bond donors (Lipinski definition) is 1. The van der Waals surface area contributed by atoms with Gasteiger partial charge in [0.1, 0.15) is 5.69 Å². The van der Waals surface area contributed by atoms with Crippen molar-refractivity contribution in [3.8, 4) is 11.5 Å². The van der Waals surface area contributed by atoms with E-state index in [4.69, 9.17) is 0 Å². The summed E-state index contributed by atoms with van der Waals surface area (Å²) in [6.45, 7) is 1.19. The molecule has 0 radical (unpaired) electrons. The summed E-state index contributed by atoms with van der Waals surface area (Å²) in [5.41, 5.74) is 1.26. The standard InChI is InChI=1S/C21H19F3N4O/c22-21(23,24)16-6-2-1-5-14(16)13-28-11-8-15-17(9-12-28)26-19(27-20(15)29)18-7-3-4-10-25-18/h1-7,10H,8-9,11-13H2,(H,26,27,29). The van der Waals surface area contributed by atoms with Crippen LogP contribution in [0.25, 0.3) is 11.5 Å². The van der Waals surface area contributed by atoms with Crippen LogP contribution >= 0.6 is 0 Å². The monoisotopic (exact) mass is 400 g/mol. The number of alkyl halides is 3. The second-order valence-electron chi connectivity index (χ2n) is 6.99. The molecule has 0 aliphatic carbocycles. The third kappa shape index (κ3) is 4.22. The topological polar surface area (TPSA) is 61.9 Å². The molecule has 0 atom stereocenters. The van der Waals surface area contributed by atoms with Crippen LogP contribution in [0.15, 0.2) is 53.5 Å². The van der Waals surface area contributed by atoms with E-state index in [1.807, 2.05) is 11.0 Å². The van der Waals surface area contributed by atoms with Gasteiger partial charge >= 0.3 is 6.18 Å². The molecule has 1 aliphatic heterocycles. The van der Waals surface area contributed by atoms with Gasteiger partial charge in [-0.3, -0.25) is 14.7 Å². The van der Waals surface area contributed by atoms with Gasteiger partial charge in [0.15, 0.2) is 5.82 Å². The van der Waals surface area contributed by atoms with Crippen molar-refractivity contribution in [2.75, 3.05) is 13.1 Å². The first-order valence-electron chi connectivity index (χ1n) is 9.33. The maximum Gasteiger partial charge on any atom is 0.416 e.